The monoisotopic (exact) mass is 483 g/mol. The zero-order valence-corrected chi connectivity index (χ0v) is 18.1. The van der Waals surface area contributed by atoms with Crippen LogP contribution in [0, 0.1) is 10.1 Å². The predicted octanol–water partition coefficient (Wildman–Crippen LogP) is 2.20. The first-order valence-corrected chi connectivity index (χ1v) is 11.5. The molecular formula is C20H19F2N3O7S. The molecule has 1 aliphatic rings. The van der Waals surface area contributed by atoms with Gasteiger partial charge in [-0.1, -0.05) is 12.1 Å². The third kappa shape index (κ3) is 5.61. The molecule has 3 rings (SSSR count). The van der Waals surface area contributed by atoms with Gasteiger partial charge in [-0.25, -0.2) is 8.42 Å². The fraction of sp³-hybridized carbons (Fsp3) is 0.300. The first-order valence-electron chi connectivity index (χ1n) is 9.59. The van der Waals surface area contributed by atoms with E-state index in [0.717, 1.165) is 24.5 Å². The summed E-state index contributed by atoms with van der Waals surface area (Å²) in [5, 5.41) is 11.2. The Hall–Kier alpha value is -3.61. The van der Waals surface area contributed by atoms with Crippen molar-refractivity contribution in [2.45, 2.75) is 11.5 Å². The molecule has 2 aromatic carbocycles. The minimum atomic E-state index is -3.80. The molecule has 0 aromatic heterocycles. The number of para-hydroxylation sites is 1. The minimum absolute atomic E-state index is 0.0472. The van der Waals surface area contributed by atoms with Crippen LogP contribution in [0.4, 0.5) is 14.5 Å². The number of benzene rings is 2. The summed E-state index contributed by atoms with van der Waals surface area (Å²) in [6.45, 7) is -2.85. The van der Waals surface area contributed by atoms with E-state index in [4.69, 9.17) is 0 Å². The first-order chi connectivity index (χ1) is 15.5. The van der Waals surface area contributed by atoms with Gasteiger partial charge in [0.25, 0.3) is 17.5 Å². The van der Waals surface area contributed by atoms with E-state index in [1.807, 2.05) is 0 Å². The Bertz CT molecular complexity index is 1200. The second-order valence-corrected chi connectivity index (χ2v) is 9.22. The first kappa shape index (κ1) is 24.0. The van der Waals surface area contributed by atoms with Crippen LogP contribution in [0.3, 0.4) is 0 Å². The number of rotatable bonds is 6. The molecule has 2 aromatic rings. The summed E-state index contributed by atoms with van der Waals surface area (Å²) in [5.41, 5.74) is -0.750. The molecule has 0 aliphatic carbocycles. The molecule has 1 heterocycles. The molecule has 0 spiro atoms. The maximum Gasteiger partial charge on any atom is 0.387 e. The number of piperazine rings is 1. The van der Waals surface area contributed by atoms with Gasteiger partial charge in [0.1, 0.15) is 5.75 Å². The van der Waals surface area contributed by atoms with E-state index in [-0.39, 0.29) is 48.0 Å². The molecule has 0 saturated carbocycles. The van der Waals surface area contributed by atoms with Crippen molar-refractivity contribution >= 4 is 27.3 Å². The molecule has 176 valence electrons. The summed E-state index contributed by atoms with van der Waals surface area (Å²) in [5.74, 6) is -1.44. The number of alkyl halides is 2. The topological polar surface area (TPSA) is 127 Å². The van der Waals surface area contributed by atoms with E-state index in [0.29, 0.717) is 0 Å². The summed E-state index contributed by atoms with van der Waals surface area (Å²) >= 11 is 0. The summed E-state index contributed by atoms with van der Waals surface area (Å²) in [6.07, 6.45) is 0.875. The smallest absolute Gasteiger partial charge is 0.387 e. The van der Waals surface area contributed by atoms with E-state index in [1.165, 1.54) is 34.1 Å². The molecule has 0 bridgehead atoms. The van der Waals surface area contributed by atoms with Crippen LogP contribution in [0.2, 0.25) is 0 Å². The lowest BCUT2D eigenvalue weighted by Gasteiger charge is -2.35. The Morgan fingerprint density at radius 2 is 1.61 bits per heavy atom. The lowest BCUT2D eigenvalue weighted by Crippen LogP contribution is -2.50. The van der Waals surface area contributed by atoms with Crippen LogP contribution < -0.4 is 4.74 Å². The van der Waals surface area contributed by atoms with Gasteiger partial charge in [-0.3, -0.25) is 19.7 Å². The van der Waals surface area contributed by atoms with Crippen LogP contribution in [0.5, 0.6) is 5.75 Å². The van der Waals surface area contributed by atoms with E-state index in [2.05, 4.69) is 4.74 Å². The van der Waals surface area contributed by atoms with Crippen molar-refractivity contribution in [2.75, 3.05) is 32.4 Å². The van der Waals surface area contributed by atoms with Crippen molar-refractivity contribution < 1.29 is 36.4 Å². The molecule has 2 amide bonds. The molecule has 1 fully saturated rings. The number of ether oxygens (including phenoxy) is 1. The van der Waals surface area contributed by atoms with Crippen LogP contribution in [0.15, 0.2) is 47.4 Å². The number of hydrogen-bond acceptors (Lipinski definition) is 7. The largest absolute Gasteiger partial charge is 0.434 e. The predicted molar refractivity (Wildman–Crippen MR) is 111 cm³/mol. The molecule has 0 radical (unpaired) electrons. The fourth-order valence-electron chi connectivity index (χ4n) is 3.33. The molecule has 13 heteroatoms. The minimum Gasteiger partial charge on any atom is -0.434 e. The summed E-state index contributed by atoms with van der Waals surface area (Å²) in [7, 11) is -3.80. The third-order valence-corrected chi connectivity index (χ3v) is 6.06. The highest BCUT2D eigenvalue weighted by molar-refractivity contribution is 7.90. The van der Waals surface area contributed by atoms with E-state index < -0.39 is 38.9 Å². The number of hydrogen-bond donors (Lipinski definition) is 0. The number of halogens is 2. The van der Waals surface area contributed by atoms with Crippen molar-refractivity contribution in [1.82, 2.24) is 9.80 Å². The average molecular weight is 483 g/mol. The molecular weight excluding hydrogens is 464 g/mol. The van der Waals surface area contributed by atoms with Gasteiger partial charge in [0.15, 0.2) is 9.84 Å². The fourth-order valence-corrected chi connectivity index (χ4v) is 4.01. The highest BCUT2D eigenvalue weighted by Crippen LogP contribution is 2.24. The zero-order valence-electron chi connectivity index (χ0n) is 17.3. The van der Waals surface area contributed by atoms with Gasteiger partial charge in [0.05, 0.1) is 15.4 Å². The quantitative estimate of drug-likeness (QED) is 0.455. The molecule has 0 atom stereocenters. The summed E-state index contributed by atoms with van der Waals surface area (Å²) in [4.78, 5) is 38.4. The lowest BCUT2D eigenvalue weighted by molar-refractivity contribution is -0.385. The van der Waals surface area contributed by atoms with Crippen LogP contribution in [-0.4, -0.2) is 74.0 Å². The Labute approximate surface area is 187 Å². The molecule has 1 aliphatic heterocycles. The maximum absolute atomic E-state index is 12.9. The molecule has 0 unspecified atom stereocenters. The normalized spacial score (nSPS) is 14.3. The number of non-ortho nitro benzene ring substituents is 1. The highest BCUT2D eigenvalue weighted by Gasteiger charge is 2.29. The Kier molecular flexibility index (Phi) is 6.91. The third-order valence-electron chi connectivity index (χ3n) is 4.96. The molecule has 33 heavy (non-hydrogen) atoms. The van der Waals surface area contributed by atoms with Crippen LogP contribution in [0.1, 0.15) is 20.7 Å². The second-order valence-electron chi connectivity index (χ2n) is 7.20. The van der Waals surface area contributed by atoms with E-state index in [1.54, 1.807) is 0 Å². The Balaban J connectivity index is 1.76. The number of sulfone groups is 1. The SMILES string of the molecule is CS(=O)(=O)c1cc(C(=O)N2CCN(C(=O)c3ccccc3OC(F)F)CC2)cc([N+](=O)[O-])c1. The van der Waals surface area contributed by atoms with Gasteiger partial charge in [0.2, 0.25) is 0 Å². The Morgan fingerprint density at radius 1 is 1.03 bits per heavy atom. The second kappa shape index (κ2) is 9.48. The van der Waals surface area contributed by atoms with Gasteiger partial charge < -0.3 is 14.5 Å². The van der Waals surface area contributed by atoms with Gasteiger partial charge in [-0.15, -0.1) is 0 Å². The van der Waals surface area contributed by atoms with Crippen molar-refractivity contribution in [2.24, 2.45) is 0 Å². The number of nitrogens with zero attached hydrogens (tertiary/aromatic N) is 3. The van der Waals surface area contributed by atoms with Gasteiger partial charge >= 0.3 is 6.61 Å². The summed E-state index contributed by atoms with van der Waals surface area (Å²) < 4.78 is 53.3. The van der Waals surface area contributed by atoms with Crippen LogP contribution in [0.25, 0.3) is 0 Å². The van der Waals surface area contributed by atoms with E-state index in [9.17, 15) is 36.9 Å². The standard InChI is InChI=1S/C20H19F2N3O7S/c1-33(30,31)15-11-13(10-14(12-15)25(28)29)18(26)23-6-8-24(9-7-23)19(27)16-4-2-3-5-17(16)32-20(21)22/h2-5,10-12,20H,6-9H2,1H3. The van der Waals surface area contributed by atoms with Crippen molar-refractivity contribution in [3.05, 3.63) is 63.7 Å². The zero-order chi connectivity index (χ0) is 24.3. The number of carbonyl (C=O) groups is 2. The van der Waals surface area contributed by atoms with Gasteiger partial charge in [-0.2, -0.15) is 8.78 Å². The lowest BCUT2D eigenvalue weighted by atomic mass is 10.1. The molecule has 1 saturated heterocycles. The molecule has 10 nitrogen and oxygen atoms in total. The van der Waals surface area contributed by atoms with Crippen LogP contribution in [-0.2, 0) is 9.84 Å². The van der Waals surface area contributed by atoms with Crippen molar-refractivity contribution in [3.8, 4) is 5.75 Å². The van der Waals surface area contributed by atoms with Crippen molar-refractivity contribution in [3.63, 3.8) is 0 Å². The number of nitro groups is 1. The van der Waals surface area contributed by atoms with E-state index >= 15 is 0 Å². The number of carbonyl (C=O) groups excluding carboxylic acids is 2. The number of nitro benzene ring substituents is 1. The molecule has 0 N–H and O–H groups in total. The van der Waals surface area contributed by atoms with Gasteiger partial charge in [-0.05, 0) is 18.2 Å². The van der Waals surface area contributed by atoms with Crippen LogP contribution >= 0.6 is 0 Å². The maximum atomic E-state index is 12.9. The van der Waals surface area contributed by atoms with Gasteiger partial charge in [0, 0.05) is 50.1 Å². The number of amides is 2. The summed E-state index contributed by atoms with van der Waals surface area (Å²) in [6, 6.07) is 8.50. The Morgan fingerprint density at radius 3 is 2.15 bits per heavy atom. The average Bonchev–Trinajstić information content (AvgIpc) is 2.77. The van der Waals surface area contributed by atoms with Crippen molar-refractivity contribution in [1.29, 1.82) is 0 Å². The highest BCUT2D eigenvalue weighted by atomic mass is 32.2.